The lowest BCUT2D eigenvalue weighted by atomic mass is 9.44. The average molecular weight is 304 g/mol. The molecule has 0 aliphatic heterocycles. The molecule has 7 atom stereocenters. The van der Waals surface area contributed by atoms with Crippen LogP contribution in [0, 0.1) is 34.5 Å². The summed E-state index contributed by atoms with van der Waals surface area (Å²) in [6.45, 7) is 4.98. The highest BCUT2D eigenvalue weighted by atomic mass is 16.3. The van der Waals surface area contributed by atoms with Gasteiger partial charge in [-0.1, -0.05) is 20.3 Å². The number of nitrogens with zero attached hydrogens (tertiary/aromatic N) is 1. The van der Waals surface area contributed by atoms with Crippen LogP contribution in [0.25, 0.3) is 0 Å². The van der Waals surface area contributed by atoms with Crippen molar-refractivity contribution in [2.75, 3.05) is 0 Å². The predicted octanol–water partition coefficient (Wildman–Crippen LogP) is 3.70. The van der Waals surface area contributed by atoms with Crippen molar-refractivity contribution in [1.29, 1.82) is 0 Å². The minimum absolute atomic E-state index is 0.0757. The van der Waals surface area contributed by atoms with Gasteiger partial charge in [-0.3, -0.25) is 0 Å². The molecule has 3 nitrogen and oxygen atoms in total. The molecule has 22 heavy (non-hydrogen) atoms. The molecule has 0 unspecified atom stereocenters. The van der Waals surface area contributed by atoms with Gasteiger partial charge in [-0.05, 0) is 80.0 Å². The van der Waals surface area contributed by atoms with Crippen molar-refractivity contribution in [2.24, 2.45) is 45.4 Å². The quantitative estimate of drug-likeness (QED) is 0.529. The van der Waals surface area contributed by atoms with Crippen LogP contribution in [0.5, 0.6) is 0 Å². The topological polar surface area (TPSA) is 58.6 Å². The number of hydrogen-bond acceptors (Lipinski definition) is 3. The third kappa shape index (κ3) is 1.93. The van der Waals surface area contributed by atoms with E-state index in [1.54, 1.807) is 0 Å². The first-order valence-corrected chi connectivity index (χ1v) is 9.43. The summed E-state index contributed by atoms with van der Waals surface area (Å²) in [4.78, 5) is 0. The molecule has 3 N–H and O–H groups in total. The molecule has 4 aliphatic carbocycles. The molecular weight excluding hydrogens is 272 g/mol. The molecule has 124 valence electrons. The number of rotatable bonds is 0. The standard InChI is InChI=1S/C19H32N2O/c1-18-8-3-4-15(18)14-6-5-12-10-13(22)7-9-19(12,2)17(14)16(11-18)21-20/h12-15,17,22H,3-11,20H2,1-2H3/b21-16-/t12-,13+,14-,15+,17+,18+,19-/m0/s1. The molecule has 4 saturated carbocycles. The summed E-state index contributed by atoms with van der Waals surface area (Å²) >= 11 is 0. The first-order valence-electron chi connectivity index (χ1n) is 9.43. The van der Waals surface area contributed by atoms with Crippen molar-refractivity contribution in [3.05, 3.63) is 0 Å². The Labute approximate surface area is 134 Å². The maximum absolute atomic E-state index is 10.1. The second-order valence-corrected chi connectivity index (χ2v) is 9.30. The monoisotopic (exact) mass is 304 g/mol. The fraction of sp³-hybridized carbons (Fsp3) is 0.947. The fourth-order valence-electron chi connectivity index (χ4n) is 7.22. The SMILES string of the molecule is C[C@]12CCC[C@@H]1[C@@H]1CC[C@H]3C[C@H](O)CC[C@]3(C)[C@H]1/C(=N\N)C2. The molecule has 0 bridgehead atoms. The summed E-state index contributed by atoms with van der Waals surface area (Å²) in [6.07, 6.45) is 11.0. The maximum atomic E-state index is 10.1. The zero-order valence-electron chi connectivity index (χ0n) is 14.2. The molecule has 0 aromatic rings. The summed E-state index contributed by atoms with van der Waals surface area (Å²) < 4.78 is 0. The van der Waals surface area contributed by atoms with E-state index in [9.17, 15) is 5.11 Å². The third-order valence-electron chi connectivity index (χ3n) is 8.28. The van der Waals surface area contributed by atoms with Crippen LogP contribution in [0.1, 0.15) is 71.6 Å². The van der Waals surface area contributed by atoms with Gasteiger partial charge in [0.25, 0.3) is 0 Å². The average Bonchev–Trinajstić information content (AvgIpc) is 2.88. The molecule has 0 heterocycles. The first-order chi connectivity index (χ1) is 10.5. The normalized spacial score (nSPS) is 56.3. The molecule has 0 saturated heterocycles. The lowest BCUT2D eigenvalue weighted by Gasteiger charge is -2.60. The van der Waals surface area contributed by atoms with Gasteiger partial charge in [-0.2, -0.15) is 5.10 Å². The van der Waals surface area contributed by atoms with Crippen LogP contribution >= 0.6 is 0 Å². The van der Waals surface area contributed by atoms with Crippen molar-refractivity contribution in [2.45, 2.75) is 77.7 Å². The van der Waals surface area contributed by atoms with Crippen LogP contribution in [0.2, 0.25) is 0 Å². The van der Waals surface area contributed by atoms with Gasteiger partial charge in [-0.25, -0.2) is 0 Å². The Morgan fingerprint density at radius 2 is 1.95 bits per heavy atom. The van der Waals surface area contributed by atoms with Gasteiger partial charge in [0, 0.05) is 11.6 Å². The Kier molecular flexibility index (Phi) is 3.38. The number of aliphatic hydroxyl groups is 1. The van der Waals surface area contributed by atoms with Crippen LogP contribution in [0.3, 0.4) is 0 Å². The van der Waals surface area contributed by atoms with Gasteiger partial charge < -0.3 is 10.9 Å². The van der Waals surface area contributed by atoms with E-state index in [1.165, 1.54) is 37.8 Å². The van der Waals surface area contributed by atoms with Crippen molar-refractivity contribution in [1.82, 2.24) is 0 Å². The lowest BCUT2D eigenvalue weighted by Crippen LogP contribution is -2.57. The summed E-state index contributed by atoms with van der Waals surface area (Å²) in [5, 5.41) is 14.5. The van der Waals surface area contributed by atoms with E-state index in [0.717, 1.165) is 37.5 Å². The molecule has 4 aliphatic rings. The van der Waals surface area contributed by atoms with E-state index in [-0.39, 0.29) is 6.10 Å². The summed E-state index contributed by atoms with van der Waals surface area (Å²) in [7, 11) is 0. The Balaban J connectivity index is 1.72. The second-order valence-electron chi connectivity index (χ2n) is 9.30. The molecular formula is C19H32N2O. The van der Waals surface area contributed by atoms with Crippen molar-refractivity contribution < 1.29 is 5.11 Å². The Hall–Kier alpha value is -0.570. The highest BCUT2D eigenvalue weighted by Gasteiger charge is 2.60. The molecule has 3 heteroatoms. The molecule has 0 spiro atoms. The highest BCUT2D eigenvalue weighted by molar-refractivity contribution is 5.89. The zero-order valence-corrected chi connectivity index (χ0v) is 14.2. The Bertz CT molecular complexity index is 490. The van der Waals surface area contributed by atoms with Crippen molar-refractivity contribution in [3.63, 3.8) is 0 Å². The van der Waals surface area contributed by atoms with Gasteiger partial charge >= 0.3 is 0 Å². The lowest BCUT2D eigenvalue weighted by molar-refractivity contribution is -0.0788. The number of aliphatic hydroxyl groups excluding tert-OH is 1. The minimum Gasteiger partial charge on any atom is -0.393 e. The predicted molar refractivity (Wildman–Crippen MR) is 89.4 cm³/mol. The van der Waals surface area contributed by atoms with Crippen molar-refractivity contribution >= 4 is 5.71 Å². The first kappa shape index (κ1) is 15.0. The molecule has 0 aromatic carbocycles. The maximum Gasteiger partial charge on any atom is 0.0543 e. The van der Waals surface area contributed by atoms with E-state index in [1.807, 2.05) is 0 Å². The van der Waals surface area contributed by atoms with Crippen molar-refractivity contribution in [3.8, 4) is 0 Å². The molecule has 4 fully saturated rings. The summed E-state index contributed by atoms with van der Waals surface area (Å²) in [6, 6.07) is 0. The van der Waals surface area contributed by atoms with Gasteiger partial charge in [-0.15, -0.1) is 0 Å². The number of hydrazone groups is 1. The van der Waals surface area contributed by atoms with E-state index in [4.69, 9.17) is 5.84 Å². The third-order valence-corrected chi connectivity index (χ3v) is 8.28. The van der Waals surface area contributed by atoms with Crippen LogP contribution in [0.15, 0.2) is 5.10 Å². The van der Waals surface area contributed by atoms with E-state index in [2.05, 4.69) is 18.9 Å². The van der Waals surface area contributed by atoms with Gasteiger partial charge in [0.2, 0.25) is 0 Å². The Morgan fingerprint density at radius 1 is 1.14 bits per heavy atom. The van der Waals surface area contributed by atoms with Gasteiger partial charge in [0.05, 0.1) is 6.10 Å². The van der Waals surface area contributed by atoms with Crippen LogP contribution < -0.4 is 5.84 Å². The largest absolute Gasteiger partial charge is 0.393 e. The molecule has 0 aromatic heterocycles. The Morgan fingerprint density at radius 3 is 2.73 bits per heavy atom. The van der Waals surface area contributed by atoms with Crippen LogP contribution in [-0.2, 0) is 0 Å². The van der Waals surface area contributed by atoms with Gasteiger partial charge in [0.1, 0.15) is 0 Å². The highest BCUT2D eigenvalue weighted by Crippen LogP contribution is 2.65. The van der Waals surface area contributed by atoms with E-state index in [0.29, 0.717) is 22.7 Å². The molecule has 0 amide bonds. The second kappa shape index (κ2) is 4.96. The smallest absolute Gasteiger partial charge is 0.0543 e. The number of hydrogen-bond donors (Lipinski definition) is 2. The summed E-state index contributed by atoms with van der Waals surface area (Å²) in [5.41, 5.74) is 2.09. The van der Waals surface area contributed by atoms with Gasteiger partial charge in [0.15, 0.2) is 0 Å². The van der Waals surface area contributed by atoms with E-state index < -0.39 is 0 Å². The molecule has 4 rings (SSSR count). The zero-order chi connectivity index (χ0) is 15.5. The fourth-order valence-corrected chi connectivity index (χ4v) is 7.22. The van der Waals surface area contributed by atoms with E-state index >= 15 is 0 Å². The minimum atomic E-state index is -0.0757. The van der Waals surface area contributed by atoms with Crippen LogP contribution in [-0.4, -0.2) is 16.9 Å². The summed E-state index contributed by atoms with van der Waals surface area (Å²) in [5.74, 6) is 8.82. The molecule has 0 radical (unpaired) electrons. The number of fused-ring (bicyclic) bond motifs is 5. The number of nitrogens with two attached hydrogens (primary N) is 1. The van der Waals surface area contributed by atoms with Crippen LogP contribution in [0.4, 0.5) is 0 Å².